The van der Waals surface area contributed by atoms with Gasteiger partial charge in [-0.3, -0.25) is 0 Å². The second-order valence-corrected chi connectivity index (χ2v) is 22.3. The summed E-state index contributed by atoms with van der Waals surface area (Å²) in [5, 5.41) is 1.89. The molecule has 198 valence electrons. The van der Waals surface area contributed by atoms with E-state index in [4.69, 9.17) is 28.4 Å². The van der Waals surface area contributed by atoms with Crippen LogP contribution in [0.1, 0.15) is 59.3 Å². The van der Waals surface area contributed by atoms with Gasteiger partial charge in [-0.15, -0.1) is 0 Å². The van der Waals surface area contributed by atoms with Gasteiger partial charge in [0.05, 0.1) is 0 Å². The van der Waals surface area contributed by atoms with Gasteiger partial charge in [0, 0.05) is 0 Å². The van der Waals surface area contributed by atoms with E-state index in [0.717, 1.165) is 22.3 Å². The topological polar surface area (TPSA) is 55.4 Å². The third kappa shape index (κ3) is 8.14. The summed E-state index contributed by atoms with van der Waals surface area (Å²) in [7, 11) is 4.94. The SMILES string of the molecule is CCC[CH2][Sn]([CH2]CCC)([CH2]CCC)[c]1cc(OCOC)c2c(OCOC)cccc2c1OCOC. The average molecular weight is 597 g/mol. The number of hydrogen-bond donors (Lipinski definition) is 0. The van der Waals surface area contributed by atoms with Gasteiger partial charge in [0.15, 0.2) is 0 Å². The summed E-state index contributed by atoms with van der Waals surface area (Å²) in [6.45, 7) is 7.43. The van der Waals surface area contributed by atoms with Gasteiger partial charge in [0.1, 0.15) is 0 Å². The van der Waals surface area contributed by atoms with E-state index in [9.17, 15) is 0 Å². The van der Waals surface area contributed by atoms with Crippen molar-refractivity contribution in [2.24, 2.45) is 0 Å². The Morgan fingerprint density at radius 2 is 1.17 bits per heavy atom. The fourth-order valence-electron chi connectivity index (χ4n) is 4.86. The summed E-state index contributed by atoms with van der Waals surface area (Å²) in [6.07, 6.45) is 7.41. The van der Waals surface area contributed by atoms with Crippen LogP contribution in [0.25, 0.3) is 10.8 Å². The summed E-state index contributed by atoms with van der Waals surface area (Å²) < 4.78 is 39.9. The van der Waals surface area contributed by atoms with Gasteiger partial charge in [0.2, 0.25) is 0 Å². The average Bonchev–Trinajstić information content (AvgIpc) is 2.89. The Bertz CT molecular complexity index is 850. The quantitative estimate of drug-likeness (QED) is 0.131. The molecule has 0 aromatic heterocycles. The molecule has 0 aliphatic carbocycles. The van der Waals surface area contributed by atoms with Crippen LogP contribution in [0.5, 0.6) is 17.2 Å². The number of benzene rings is 2. The van der Waals surface area contributed by atoms with E-state index in [1.807, 2.05) is 12.1 Å². The first kappa shape index (κ1) is 30.0. The molecule has 0 unspecified atom stereocenters. The first-order chi connectivity index (χ1) is 17.1. The molecule has 35 heavy (non-hydrogen) atoms. The molecule has 0 atom stereocenters. The number of rotatable bonds is 19. The van der Waals surface area contributed by atoms with Crippen molar-refractivity contribution in [2.75, 3.05) is 41.7 Å². The number of methoxy groups -OCH3 is 3. The number of fused-ring (bicyclic) bond motifs is 1. The minimum atomic E-state index is -2.91. The Morgan fingerprint density at radius 1 is 0.657 bits per heavy atom. The molecule has 0 amide bonds. The normalized spacial score (nSPS) is 11.7. The molecule has 2 aromatic carbocycles. The van der Waals surface area contributed by atoms with Crippen LogP contribution in [0.3, 0.4) is 0 Å². The van der Waals surface area contributed by atoms with Crippen LogP contribution in [0, 0.1) is 0 Å². The molecule has 7 heteroatoms. The molecule has 2 rings (SSSR count). The molecular formula is C28H46O6Sn. The molecule has 0 aliphatic rings. The zero-order valence-electron chi connectivity index (χ0n) is 22.7. The molecule has 0 spiro atoms. The van der Waals surface area contributed by atoms with E-state index in [1.165, 1.54) is 55.4 Å². The molecule has 0 aliphatic heterocycles. The van der Waals surface area contributed by atoms with Crippen molar-refractivity contribution in [3.05, 3.63) is 24.3 Å². The van der Waals surface area contributed by atoms with Gasteiger partial charge in [-0.1, -0.05) is 0 Å². The van der Waals surface area contributed by atoms with Gasteiger partial charge in [-0.2, -0.15) is 0 Å². The van der Waals surface area contributed by atoms with Gasteiger partial charge in [0.25, 0.3) is 0 Å². The molecule has 0 N–H and O–H groups in total. The van der Waals surface area contributed by atoms with E-state index < -0.39 is 18.4 Å². The minimum absolute atomic E-state index is 0.158. The maximum absolute atomic E-state index is 6.42. The molecule has 0 saturated heterocycles. The first-order valence-corrected chi connectivity index (χ1v) is 20.6. The Morgan fingerprint density at radius 3 is 1.69 bits per heavy atom. The van der Waals surface area contributed by atoms with Crippen molar-refractivity contribution in [3.63, 3.8) is 0 Å². The van der Waals surface area contributed by atoms with E-state index in [2.05, 4.69) is 32.9 Å². The number of hydrogen-bond acceptors (Lipinski definition) is 6. The van der Waals surface area contributed by atoms with Crippen LogP contribution in [0.2, 0.25) is 13.3 Å². The third-order valence-corrected chi connectivity index (χ3v) is 22.2. The molecule has 0 heterocycles. The summed E-state index contributed by atoms with van der Waals surface area (Å²) in [5.41, 5.74) is 0. The zero-order valence-corrected chi connectivity index (χ0v) is 25.6. The molecule has 0 bridgehead atoms. The second-order valence-electron chi connectivity index (χ2n) is 9.17. The van der Waals surface area contributed by atoms with E-state index in [-0.39, 0.29) is 20.4 Å². The fourth-order valence-corrected chi connectivity index (χ4v) is 21.3. The van der Waals surface area contributed by atoms with Crippen LogP contribution >= 0.6 is 0 Å². The number of ether oxygens (including phenoxy) is 6. The molecule has 0 saturated carbocycles. The summed E-state index contributed by atoms with van der Waals surface area (Å²) >= 11 is -2.91. The van der Waals surface area contributed by atoms with E-state index >= 15 is 0 Å². The maximum atomic E-state index is 6.42. The Balaban J connectivity index is 2.87. The van der Waals surface area contributed by atoms with Crippen LogP contribution in [-0.4, -0.2) is 60.1 Å². The van der Waals surface area contributed by atoms with Gasteiger partial charge < -0.3 is 0 Å². The first-order valence-electron chi connectivity index (χ1n) is 13.1. The van der Waals surface area contributed by atoms with Crippen LogP contribution < -0.4 is 17.8 Å². The third-order valence-electron chi connectivity index (χ3n) is 6.62. The summed E-state index contributed by atoms with van der Waals surface area (Å²) in [6, 6.07) is 8.34. The zero-order chi connectivity index (χ0) is 25.5. The Labute approximate surface area is 216 Å². The van der Waals surface area contributed by atoms with Crippen LogP contribution in [0.15, 0.2) is 24.3 Å². The van der Waals surface area contributed by atoms with E-state index in [1.54, 1.807) is 21.3 Å². The molecule has 0 radical (unpaired) electrons. The van der Waals surface area contributed by atoms with Crippen molar-refractivity contribution in [1.82, 2.24) is 0 Å². The molecular weight excluding hydrogens is 551 g/mol. The van der Waals surface area contributed by atoms with Crippen molar-refractivity contribution in [3.8, 4) is 17.2 Å². The second kappa shape index (κ2) is 16.5. The Kier molecular flexibility index (Phi) is 14.2. The monoisotopic (exact) mass is 598 g/mol. The van der Waals surface area contributed by atoms with Crippen molar-refractivity contribution >= 4 is 32.7 Å². The van der Waals surface area contributed by atoms with Crippen molar-refractivity contribution in [2.45, 2.75) is 72.6 Å². The molecule has 6 nitrogen and oxygen atoms in total. The van der Waals surface area contributed by atoms with Crippen molar-refractivity contribution in [1.29, 1.82) is 0 Å². The van der Waals surface area contributed by atoms with Gasteiger partial charge in [-0.25, -0.2) is 0 Å². The Hall–Kier alpha value is -1.22. The number of unbranched alkanes of at least 4 members (excludes halogenated alkanes) is 3. The van der Waals surface area contributed by atoms with E-state index in [0.29, 0.717) is 5.75 Å². The fraction of sp³-hybridized carbons (Fsp3) is 0.643. The van der Waals surface area contributed by atoms with Crippen LogP contribution in [0.4, 0.5) is 0 Å². The summed E-state index contributed by atoms with van der Waals surface area (Å²) in [4.78, 5) is 0. The predicted molar refractivity (Wildman–Crippen MR) is 146 cm³/mol. The summed E-state index contributed by atoms with van der Waals surface area (Å²) in [5.74, 6) is 2.45. The van der Waals surface area contributed by atoms with Crippen LogP contribution in [-0.2, 0) is 14.2 Å². The standard InChI is InChI=1S/C16H19O6.3C4H9.Sn/c1-17-9-20-13-7-8-15(22-11-19-3)16-12(13)5-4-6-14(16)21-10-18-2;3*1-3-4-2;/h4-6,8H,9-11H2,1-3H3;3*1,3-4H2,2H3;. The molecule has 2 aromatic rings. The predicted octanol–water partition coefficient (Wildman–Crippen LogP) is 6.84. The van der Waals surface area contributed by atoms with Crippen molar-refractivity contribution < 1.29 is 28.4 Å². The van der Waals surface area contributed by atoms with Gasteiger partial charge >= 0.3 is 217 Å². The molecule has 0 fully saturated rings. The van der Waals surface area contributed by atoms with Gasteiger partial charge in [-0.05, 0) is 0 Å².